The molecule has 2 fully saturated rings. The number of nitrogens with one attached hydrogen (secondary N) is 3. The monoisotopic (exact) mass is 314 g/mol. The van der Waals surface area contributed by atoms with Crippen molar-refractivity contribution in [1.29, 1.82) is 0 Å². The van der Waals surface area contributed by atoms with Gasteiger partial charge in [0.15, 0.2) is 0 Å². The minimum atomic E-state index is 0.337. The molecule has 0 bridgehead atoms. The van der Waals surface area contributed by atoms with Crippen molar-refractivity contribution >= 4 is 5.82 Å². The third-order valence-electron chi connectivity index (χ3n) is 6.11. The molecule has 6 heteroatoms. The summed E-state index contributed by atoms with van der Waals surface area (Å²) in [6, 6.07) is 3.70. The molecule has 3 N–H and O–H groups in total. The van der Waals surface area contributed by atoms with Crippen LogP contribution in [0.3, 0.4) is 0 Å². The molecule has 4 aliphatic rings. The molecule has 2 unspecified atom stereocenters. The molecular formula is C17H26N6. The van der Waals surface area contributed by atoms with Crippen LogP contribution in [0, 0.1) is 11.8 Å². The van der Waals surface area contributed by atoms with Crippen LogP contribution in [0.15, 0.2) is 22.6 Å². The molecule has 2 saturated carbocycles. The van der Waals surface area contributed by atoms with Gasteiger partial charge in [0, 0.05) is 17.8 Å². The molecule has 1 aromatic rings. The normalized spacial score (nSPS) is 35.7. The first kappa shape index (κ1) is 13.8. The van der Waals surface area contributed by atoms with Gasteiger partial charge in [0.1, 0.15) is 24.6 Å². The maximum absolute atomic E-state index is 4.67. The topological polar surface area (TPSA) is 67.8 Å². The Morgan fingerprint density at radius 3 is 2.87 bits per heavy atom. The van der Waals surface area contributed by atoms with E-state index in [-0.39, 0.29) is 0 Å². The van der Waals surface area contributed by atoms with Gasteiger partial charge in [-0.05, 0) is 63.0 Å². The molecule has 0 aromatic carbocycles. The smallest absolute Gasteiger partial charge is 0.110 e. The molecule has 2 aliphatic carbocycles. The van der Waals surface area contributed by atoms with Crippen LogP contribution >= 0.6 is 0 Å². The van der Waals surface area contributed by atoms with Crippen molar-refractivity contribution in [2.24, 2.45) is 22.2 Å². The first-order chi connectivity index (χ1) is 11.4. The first-order valence-corrected chi connectivity index (χ1v) is 9.20. The zero-order valence-electron chi connectivity index (χ0n) is 13.5. The number of fused-ring (bicyclic) bond motifs is 3. The summed E-state index contributed by atoms with van der Waals surface area (Å²) in [5.74, 6) is 2.72. The number of nitrogens with zero attached hydrogens (tertiary/aromatic N) is 3. The summed E-state index contributed by atoms with van der Waals surface area (Å²) in [5, 5.41) is 18.3. The van der Waals surface area contributed by atoms with Crippen molar-refractivity contribution in [3.63, 3.8) is 0 Å². The second-order valence-corrected chi connectivity index (χ2v) is 7.69. The van der Waals surface area contributed by atoms with Crippen molar-refractivity contribution in [2.45, 2.75) is 56.7 Å². The maximum atomic E-state index is 4.67. The zero-order valence-corrected chi connectivity index (χ0v) is 13.5. The highest BCUT2D eigenvalue weighted by Gasteiger charge is 2.43. The molecule has 0 radical (unpaired) electrons. The van der Waals surface area contributed by atoms with E-state index in [2.05, 4.69) is 37.0 Å². The fourth-order valence-corrected chi connectivity index (χ4v) is 4.54. The summed E-state index contributed by atoms with van der Waals surface area (Å²) in [5.41, 5.74) is 1.34. The Morgan fingerprint density at radius 2 is 2.04 bits per heavy atom. The average Bonchev–Trinajstić information content (AvgIpc) is 3.12. The number of hydrogen-bond acceptors (Lipinski definition) is 5. The van der Waals surface area contributed by atoms with Crippen molar-refractivity contribution in [2.75, 3.05) is 18.5 Å². The maximum Gasteiger partial charge on any atom is 0.110 e. The van der Waals surface area contributed by atoms with E-state index in [9.17, 15) is 0 Å². The second-order valence-electron chi connectivity index (χ2n) is 7.69. The highest BCUT2D eigenvalue weighted by Crippen LogP contribution is 2.45. The van der Waals surface area contributed by atoms with Gasteiger partial charge in [0.2, 0.25) is 0 Å². The number of rotatable bonds is 4. The average molecular weight is 314 g/mol. The Morgan fingerprint density at radius 1 is 1.17 bits per heavy atom. The lowest BCUT2D eigenvalue weighted by molar-refractivity contribution is 0.171. The highest BCUT2D eigenvalue weighted by atomic mass is 15.6. The molecule has 0 amide bonds. The molecule has 6 nitrogen and oxygen atoms in total. The van der Waals surface area contributed by atoms with E-state index in [4.69, 9.17) is 0 Å². The van der Waals surface area contributed by atoms with Crippen LogP contribution in [0.5, 0.6) is 0 Å². The van der Waals surface area contributed by atoms with Gasteiger partial charge >= 0.3 is 0 Å². The van der Waals surface area contributed by atoms with Gasteiger partial charge in [0.25, 0.3) is 0 Å². The standard InChI is InChI=1S/C17H26N6/c1-3-12(4-2-11(1)9-19-13-5-6-13)15-16-14-7-8-18-17(14)20-10-23(16)22-21-15/h7-8,11-13,15-16,18-20H,1-6,9-10H2. The van der Waals surface area contributed by atoms with Crippen molar-refractivity contribution < 1.29 is 0 Å². The summed E-state index contributed by atoms with van der Waals surface area (Å²) < 4.78 is 0. The largest absolute Gasteiger partial charge is 0.353 e. The molecule has 2 atom stereocenters. The van der Waals surface area contributed by atoms with E-state index in [1.54, 1.807) is 0 Å². The molecule has 124 valence electrons. The fourth-order valence-electron chi connectivity index (χ4n) is 4.54. The quantitative estimate of drug-likeness (QED) is 0.800. The van der Waals surface area contributed by atoms with E-state index in [0.29, 0.717) is 18.0 Å². The lowest BCUT2D eigenvalue weighted by Gasteiger charge is -2.36. The Kier molecular flexibility index (Phi) is 3.32. The van der Waals surface area contributed by atoms with Crippen LogP contribution in [0.1, 0.15) is 50.1 Å². The highest BCUT2D eigenvalue weighted by molar-refractivity contribution is 5.49. The predicted molar refractivity (Wildman–Crippen MR) is 89.0 cm³/mol. The van der Waals surface area contributed by atoms with Crippen LogP contribution in [-0.4, -0.2) is 35.3 Å². The summed E-state index contributed by atoms with van der Waals surface area (Å²) in [6.07, 6.45) is 10.1. The van der Waals surface area contributed by atoms with E-state index in [1.165, 1.54) is 50.6 Å². The molecule has 0 saturated heterocycles. The van der Waals surface area contributed by atoms with Gasteiger partial charge in [-0.2, -0.15) is 5.11 Å². The third kappa shape index (κ3) is 2.53. The number of anilines is 1. The number of aromatic nitrogens is 1. The Hall–Kier alpha value is -1.56. The first-order valence-electron chi connectivity index (χ1n) is 9.20. The molecule has 2 aliphatic heterocycles. The van der Waals surface area contributed by atoms with Gasteiger partial charge in [-0.1, -0.05) is 5.22 Å². The molecule has 1 aromatic heterocycles. The van der Waals surface area contributed by atoms with Gasteiger partial charge in [-0.15, -0.1) is 0 Å². The summed E-state index contributed by atoms with van der Waals surface area (Å²) in [7, 11) is 0. The molecule has 5 rings (SSSR count). The van der Waals surface area contributed by atoms with Gasteiger partial charge in [0.05, 0.1) is 0 Å². The number of H-pyrrole nitrogens is 1. The Bertz CT molecular complexity index is 584. The predicted octanol–water partition coefficient (Wildman–Crippen LogP) is 3.05. The van der Waals surface area contributed by atoms with Gasteiger partial charge in [-0.3, -0.25) is 0 Å². The fraction of sp³-hybridized carbons (Fsp3) is 0.765. The summed E-state index contributed by atoms with van der Waals surface area (Å²) in [6.45, 7) is 1.99. The van der Waals surface area contributed by atoms with Crippen LogP contribution in [0.25, 0.3) is 0 Å². The molecule has 0 spiro atoms. The zero-order chi connectivity index (χ0) is 15.2. The minimum Gasteiger partial charge on any atom is -0.353 e. The SMILES string of the molecule is c1cc2c([nH]1)NCN1N=NC(C3CCC(CNC4CC4)CC3)C21. The van der Waals surface area contributed by atoms with Crippen LogP contribution in [0.4, 0.5) is 5.82 Å². The van der Waals surface area contributed by atoms with Crippen LogP contribution in [0.2, 0.25) is 0 Å². The van der Waals surface area contributed by atoms with Crippen LogP contribution in [-0.2, 0) is 0 Å². The summed E-state index contributed by atoms with van der Waals surface area (Å²) in [4.78, 5) is 3.30. The summed E-state index contributed by atoms with van der Waals surface area (Å²) >= 11 is 0. The second kappa shape index (κ2) is 5.51. The Labute approximate surface area is 137 Å². The van der Waals surface area contributed by atoms with E-state index in [1.807, 2.05) is 6.20 Å². The van der Waals surface area contributed by atoms with E-state index >= 15 is 0 Å². The van der Waals surface area contributed by atoms with Crippen LogP contribution < -0.4 is 10.6 Å². The van der Waals surface area contributed by atoms with Gasteiger partial charge in [-0.25, -0.2) is 5.01 Å². The van der Waals surface area contributed by atoms with E-state index in [0.717, 1.165) is 24.4 Å². The minimum absolute atomic E-state index is 0.337. The Balaban J connectivity index is 1.24. The van der Waals surface area contributed by atoms with Crippen molar-refractivity contribution in [3.8, 4) is 0 Å². The molecule has 3 heterocycles. The molecular weight excluding hydrogens is 288 g/mol. The van der Waals surface area contributed by atoms with Crippen molar-refractivity contribution in [3.05, 3.63) is 17.8 Å². The van der Waals surface area contributed by atoms with Crippen molar-refractivity contribution in [1.82, 2.24) is 15.3 Å². The van der Waals surface area contributed by atoms with Gasteiger partial charge < -0.3 is 15.6 Å². The number of aromatic amines is 1. The van der Waals surface area contributed by atoms with E-state index < -0.39 is 0 Å². The molecule has 23 heavy (non-hydrogen) atoms. The lowest BCUT2D eigenvalue weighted by atomic mass is 9.76. The number of hydrogen-bond donors (Lipinski definition) is 3. The lowest BCUT2D eigenvalue weighted by Crippen LogP contribution is -2.39. The third-order valence-corrected chi connectivity index (χ3v) is 6.11.